The molecular weight excluding hydrogens is 446 g/mol. The van der Waals surface area contributed by atoms with Crippen molar-refractivity contribution in [2.24, 2.45) is 0 Å². The fraction of sp³-hybridized carbons (Fsp3) is 0.200. The maximum absolute atomic E-state index is 13.2. The Balaban J connectivity index is 1.58. The molecule has 1 fully saturated rings. The van der Waals surface area contributed by atoms with Crippen LogP contribution >= 0.6 is 23.2 Å². The van der Waals surface area contributed by atoms with Gasteiger partial charge in [0.25, 0.3) is 0 Å². The van der Waals surface area contributed by atoms with Crippen molar-refractivity contribution in [3.8, 4) is 0 Å². The van der Waals surface area contributed by atoms with Crippen molar-refractivity contribution >= 4 is 51.9 Å². The molecule has 0 spiro atoms. The third-order valence-electron chi connectivity index (χ3n) is 4.96. The van der Waals surface area contributed by atoms with Gasteiger partial charge in [-0.15, -0.1) is 0 Å². The lowest BCUT2D eigenvalue weighted by Crippen LogP contribution is -2.47. The number of nitrogens with one attached hydrogen (secondary N) is 1. The number of nitro groups is 1. The summed E-state index contributed by atoms with van der Waals surface area (Å²) in [6.07, 6.45) is 1.27. The number of benzene rings is 2. The summed E-state index contributed by atoms with van der Waals surface area (Å²) in [6.45, 7) is 2.23. The van der Waals surface area contributed by atoms with Crippen LogP contribution in [0.15, 0.2) is 48.8 Å². The van der Waals surface area contributed by atoms with Gasteiger partial charge in [0.1, 0.15) is 12.1 Å². The summed E-state index contributed by atoms with van der Waals surface area (Å²) in [5.41, 5.74) is 1.06. The Labute approximate surface area is 187 Å². The number of hydrogen-bond donors (Lipinski definition) is 1. The summed E-state index contributed by atoms with van der Waals surface area (Å²) in [7, 11) is 0. The van der Waals surface area contributed by atoms with Crippen molar-refractivity contribution in [3.05, 3.63) is 74.8 Å². The first-order chi connectivity index (χ1) is 14.9. The lowest BCUT2D eigenvalue weighted by molar-refractivity contribution is -0.383. The number of rotatable bonds is 5. The molecular formula is C20H17Cl2FN6O2. The Hall–Kier alpha value is -3.17. The molecule has 0 aliphatic carbocycles. The summed E-state index contributed by atoms with van der Waals surface area (Å²) < 4.78 is 13.2. The van der Waals surface area contributed by atoms with Gasteiger partial charge >= 0.3 is 5.69 Å². The topological polar surface area (TPSA) is 87.4 Å². The van der Waals surface area contributed by atoms with Gasteiger partial charge < -0.3 is 15.1 Å². The number of anilines is 4. The minimum atomic E-state index is -0.511. The van der Waals surface area contributed by atoms with E-state index in [9.17, 15) is 14.5 Å². The zero-order valence-electron chi connectivity index (χ0n) is 16.1. The molecule has 2 aromatic carbocycles. The number of piperazine rings is 1. The molecule has 4 rings (SSSR count). The van der Waals surface area contributed by atoms with Gasteiger partial charge in [0.15, 0.2) is 0 Å². The highest BCUT2D eigenvalue weighted by molar-refractivity contribution is 6.43. The maximum atomic E-state index is 13.2. The smallest absolute Gasteiger partial charge is 0.353 e. The Morgan fingerprint density at radius 2 is 1.68 bits per heavy atom. The van der Waals surface area contributed by atoms with Gasteiger partial charge in [-0.3, -0.25) is 10.1 Å². The lowest BCUT2D eigenvalue weighted by Gasteiger charge is -2.36. The van der Waals surface area contributed by atoms with Gasteiger partial charge in [0.2, 0.25) is 11.6 Å². The van der Waals surface area contributed by atoms with Crippen LogP contribution in [0, 0.1) is 15.9 Å². The van der Waals surface area contributed by atoms with Crippen LogP contribution < -0.4 is 15.1 Å². The summed E-state index contributed by atoms with van der Waals surface area (Å²) in [5, 5.41) is 15.4. The van der Waals surface area contributed by atoms with Crippen LogP contribution in [-0.2, 0) is 0 Å². The fourth-order valence-electron chi connectivity index (χ4n) is 3.42. The predicted octanol–water partition coefficient (Wildman–Crippen LogP) is 4.90. The molecule has 0 atom stereocenters. The van der Waals surface area contributed by atoms with Crippen LogP contribution in [0.1, 0.15) is 0 Å². The second-order valence-electron chi connectivity index (χ2n) is 6.83. The van der Waals surface area contributed by atoms with E-state index in [4.69, 9.17) is 23.2 Å². The lowest BCUT2D eigenvalue weighted by atomic mass is 10.2. The first kappa shape index (κ1) is 21.1. The van der Waals surface area contributed by atoms with Gasteiger partial charge in [-0.25, -0.2) is 14.4 Å². The highest BCUT2D eigenvalue weighted by Gasteiger charge is 2.29. The first-order valence-electron chi connectivity index (χ1n) is 9.40. The first-order valence-corrected chi connectivity index (χ1v) is 10.2. The standard InChI is InChI=1S/C20H17Cl2FN6O2/c21-15-2-1-3-16(17(15)22)26-19-18(29(30)31)20(25-12-24-19)28-10-8-27(9-11-28)14-6-4-13(23)5-7-14/h1-7,12H,8-11H2,(H,24,25,26). The molecule has 11 heteroatoms. The quantitative estimate of drug-likeness (QED) is 0.425. The normalized spacial score (nSPS) is 13.9. The predicted molar refractivity (Wildman–Crippen MR) is 119 cm³/mol. The molecule has 0 saturated carbocycles. The molecule has 0 bridgehead atoms. The number of nitrogens with zero attached hydrogens (tertiary/aromatic N) is 5. The van der Waals surface area contributed by atoms with E-state index in [-0.39, 0.29) is 28.2 Å². The Morgan fingerprint density at radius 3 is 2.35 bits per heavy atom. The highest BCUT2D eigenvalue weighted by atomic mass is 35.5. The number of hydrogen-bond acceptors (Lipinski definition) is 7. The summed E-state index contributed by atoms with van der Waals surface area (Å²) in [5.74, 6) is -0.0432. The van der Waals surface area contributed by atoms with Crippen molar-refractivity contribution in [2.75, 3.05) is 41.3 Å². The second kappa shape index (κ2) is 8.91. The van der Waals surface area contributed by atoms with Gasteiger partial charge in [0.05, 0.1) is 20.7 Å². The SMILES string of the molecule is O=[N+]([O-])c1c(Nc2cccc(Cl)c2Cl)ncnc1N1CCN(c2ccc(F)cc2)CC1. The Kier molecular flexibility index (Phi) is 6.06. The zero-order valence-corrected chi connectivity index (χ0v) is 17.6. The van der Waals surface area contributed by atoms with Gasteiger partial charge in [-0.2, -0.15) is 0 Å². The molecule has 1 aromatic heterocycles. The van der Waals surface area contributed by atoms with Crippen molar-refractivity contribution in [1.29, 1.82) is 0 Å². The van der Waals surface area contributed by atoms with Crippen LogP contribution in [0.5, 0.6) is 0 Å². The zero-order chi connectivity index (χ0) is 22.0. The molecule has 2 heterocycles. The molecule has 0 unspecified atom stereocenters. The minimum Gasteiger partial charge on any atom is -0.368 e. The summed E-state index contributed by atoms with van der Waals surface area (Å²) >= 11 is 12.2. The minimum absolute atomic E-state index is 0.0279. The fourth-order valence-corrected chi connectivity index (χ4v) is 3.76. The van der Waals surface area contributed by atoms with Crippen molar-refractivity contribution in [3.63, 3.8) is 0 Å². The van der Waals surface area contributed by atoms with Crippen LogP contribution in [0.4, 0.5) is 33.1 Å². The van der Waals surface area contributed by atoms with Crippen molar-refractivity contribution < 1.29 is 9.31 Å². The molecule has 1 saturated heterocycles. The third-order valence-corrected chi connectivity index (χ3v) is 5.78. The van der Waals surface area contributed by atoms with E-state index in [1.807, 2.05) is 4.90 Å². The molecule has 0 radical (unpaired) electrons. The van der Waals surface area contributed by atoms with E-state index in [1.165, 1.54) is 18.5 Å². The molecule has 1 aliphatic rings. The third kappa shape index (κ3) is 4.47. The molecule has 3 aromatic rings. The van der Waals surface area contributed by atoms with Crippen LogP contribution in [-0.4, -0.2) is 41.1 Å². The molecule has 8 nitrogen and oxygen atoms in total. The average molecular weight is 463 g/mol. The summed E-state index contributed by atoms with van der Waals surface area (Å²) in [4.78, 5) is 23.6. The number of halogens is 3. The maximum Gasteiger partial charge on any atom is 0.353 e. The number of aromatic nitrogens is 2. The summed E-state index contributed by atoms with van der Waals surface area (Å²) in [6, 6.07) is 11.2. The van der Waals surface area contributed by atoms with Crippen LogP contribution in [0.2, 0.25) is 10.0 Å². The van der Waals surface area contributed by atoms with Crippen LogP contribution in [0.3, 0.4) is 0 Å². The molecule has 1 aliphatic heterocycles. The van der Waals surface area contributed by atoms with Gasteiger partial charge in [0, 0.05) is 31.9 Å². The van der Waals surface area contributed by atoms with Crippen molar-refractivity contribution in [1.82, 2.24) is 9.97 Å². The van der Waals surface area contributed by atoms with E-state index >= 15 is 0 Å². The monoisotopic (exact) mass is 462 g/mol. The molecule has 160 valence electrons. The van der Waals surface area contributed by atoms with Gasteiger partial charge in [-0.05, 0) is 36.4 Å². The average Bonchev–Trinajstić information content (AvgIpc) is 2.77. The van der Waals surface area contributed by atoms with Crippen LogP contribution in [0.25, 0.3) is 0 Å². The van der Waals surface area contributed by atoms with E-state index in [0.29, 0.717) is 36.9 Å². The highest BCUT2D eigenvalue weighted by Crippen LogP contribution is 2.37. The van der Waals surface area contributed by atoms with E-state index < -0.39 is 4.92 Å². The molecule has 0 amide bonds. The molecule has 1 N–H and O–H groups in total. The van der Waals surface area contributed by atoms with Gasteiger partial charge in [-0.1, -0.05) is 29.3 Å². The Bertz CT molecular complexity index is 1110. The molecule has 31 heavy (non-hydrogen) atoms. The largest absolute Gasteiger partial charge is 0.368 e. The van der Waals surface area contributed by atoms with E-state index in [2.05, 4.69) is 20.2 Å². The second-order valence-corrected chi connectivity index (χ2v) is 7.61. The van der Waals surface area contributed by atoms with E-state index in [1.54, 1.807) is 30.3 Å². The Morgan fingerprint density at radius 1 is 1.00 bits per heavy atom. The van der Waals surface area contributed by atoms with Crippen molar-refractivity contribution in [2.45, 2.75) is 0 Å². The van der Waals surface area contributed by atoms with E-state index in [0.717, 1.165) is 5.69 Å².